The number of hydrogen-bond donors (Lipinski definition) is 1. The highest BCUT2D eigenvalue weighted by atomic mass is 32.2. The van der Waals surface area contributed by atoms with E-state index in [9.17, 15) is 0 Å². The molecule has 82 valence electrons. The third-order valence-corrected chi connectivity index (χ3v) is 5.24. The Balaban J connectivity index is 1.84. The summed E-state index contributed by atoms with van der Waals surface area (Å²) in [6.45, 7) is 3.13. The first-order valence-electron chi connectivity index (χ1n) is 5.21. The highest BCUT2D eigenvalue weighted by molar-refractivity contribution is 8.06. The van der Waals surface area contributed by atoms with E-state index in [0.717, 1.165) is 17.6 Å². The second-order valence-electron chi connectivity index (χ2n) is 3.62. The zero-order valence-corrected chi connectivity index (χ0v) is 10.5. The monoisotopic (exact) mass is 240 g/mol. The van der Waals surface area contributed by atoms with E-state index in [1.165, 1.54) is 22.8 Å². The number of thioether (sulfide) groups is 2. The van der Waals surface area contributed by atoms with E-state index >= 15 is 0 Å². The summed E-state index contributed by atoms with van der Waals surface area (Å²) in [5, 5.41) is 4.18. The normalized spacial score (nSPS) is 21.3. The lowest BCUT2D eigenvalue weighted by molar-refractivity contribution is 0.989. The largest absolute Gasteiger partial charge is 0.369 e. The average molecular weight is 240 g/mol. The molecule has 15 heavy (non-hydrogen) atoms. The summed E-state index contributed by atoms with van der Waals surface area (Å²) in [7, 11) is 0. The molecule has 1 unspecified atom stereocenters. The van der Waals surface area contributed by atoms with E-state index in [1.54, 1.807) is 0 Å². The second-order valence-corrected chi connectivity index (χ2v) is 6.18. The van der Waals surface area contributed by atoms with E-state index in [-0.39, 0.29) is 0 Å². The number of aromatic nitrogens is 1. The molecule has 2 nitrogen and oxygen atoms in total. The summed E-state index contributed by atoms with van der Waals surface area (Å²) >= 11 is 4.14. The van der Waals surface area contributed by atoms with Crippen LogP contribution in [0.5, 0.6) is 0 Å². The Morgan fingerprint density at radius 2 is 2.47 bits per heavy atom. The first-order chi connectivity index (χ1) is 7.36. The zero-order chi connectivity index (χ0) is 10.5. The van der Waals surface area contributed by atoms with Crippen LogP contribution in [0, 0.1) is 6.92 Å². The van der Waals surface area contributed by atoms with Crippen molar-refractivity contribution in [2.75, 3.05) is 29.1 Å². The fraction of sp³-hybridized carbons (Fsp3) is 0.545. The Labute approximate surface area is 99.6 Å². The van der Waals surface area contributed by atoms with Crippen LogP contribution >= 0.6 is 23.5 Å². The molecule has 2 rings (SSSR count). The van der Waals surface area contributed by atoms with Crippen LogP contribution in [-0.2, 0) is 0 Å². The fourth-order valence-corrected chi connectivity index (χ4v) is 4.15. The summed E-state index contributed by atoms with van der Waals surface area (Å²) in [5.41, 5.74) is 1.23. The van der Waals surface area contributed by atoms with E-state index < -0.39 is 0 Å². The zero-order valence-electron chi connectivity index (χ0n) is 8.90. The standard InChI is InChI=1S/C11H16N2S2/c1-9-3-2-4-12-11(9)13-7-10-8-14-5-6-15-10/h2-4,10H,5-8H2,1H3,(H,12,13). The average Bonchev–Trinajstić information content (AvgIpc) is 2.29. The number of nitrogens with one attached hydrogen (secondary N) is 1. The third kappa shape index (κ3) is 3.31. The molecule has 0 saturated carbocycles. The smallest absolute Gasteiger partial charge is 0.128 e. The highest BCUT2D eigenvalue weighted by Crippen LogP contribution is 2.24. The van der Waals surface area contributed by atoms with Crippen LogP contribution in [0.4, 0.5) is 5.82 Å². The molecule has 1 aromatic rings. The van der Waals surface area contributed by atoms with E-state index in [0.29, 0.717) is 0 Å². The predicted octanol–water partition coefficient (Wildman–Crippen LogP) is 2.65. The van der Waals surface area contributed by atoms with Gasteiger partial charge < -0.3 is 5.32 Å². The summed E-state index contributed by atoms with van der Waals surface area (Å²) in [4.78, 5) is 4.34. The van der Waals surface area contributed by atoms with Gasteiger partial charge in [0.25, 0.3) is 0 Å². The molecular formula is C11H16N2S2. The Bertz CT molecular complexity index is 311. The SMILES string of the molecule is Cc1cccnc1NCC1CSCCS1. The molecule has 0 radical (unpaired) electrons. The lowest BCUT2D eigenvalue weighted by Crippen LogP contribution is -2.23. The first kappa shape index (κ1) is 11.1. The van der Waals surface area contributed by atoms with E-state index in [1.807, 2.05) is 12.3 Å². The van der Waals surface area contributed by atoms with Crippen molar-refractivity contribution in [3.8, 4) is 0 Å². The van der Waals surface area contributed by atoms with Crippen LogP contribution < -0.4 is 5.32 Å². The lowest BCUT2D eigenvalue weighted by atomic mass is 10.3. The first-order valence-corrected chi connectivity index (χ1v) is 7.41. The molecule has 1 aliphatic heterocycles. The minimum absolute atomic E-state index is 0.741. The Kier molecular flexibility index (Phi) is 4.20. The van der Waals surface area contributed by atoms with Gasteiger partial charge >= 0.3 is 0 Å². The number of aryl methyl sites for hydroxylation is 1. The van der Waals surface area contributed by atoms with Crippen molar-refractivity contribution in [1.82, 2.24) is 4.98 Å². The van der Waals surface area contributed by atoms with Gasteiger partial charge in [0.2, 0.25) is 0 Å². The van der Waals surface area contributed by atoms with Gasteiger partial charge in [0.05, 0.1) is 0 Å². The lowest BCUT2D eigenvalue weighted by Gasteiger charge is -2.21. The maximum Gasteiger partial charge on any atom is 0.128 e. The van der Waals surface area contributed by atoms with Gasteiger partial charge in [0.1, 0.15) is 5.82 Å². The van der Waals surface area contributed by atoms with Crippen LogP contribution in [0.1, 0.15) is 5.56 Å². The molecule has 1 fully saturated rings. The summed E-state index contributed by atoms with van der Waals surface area (Å²) in [6, 6.07) is 4.07. The van der Waals surface area contributed by atoms with Crippen molar-refractivity contribution >= 4 is 29.3 Å². The van der Waals surface area contributed by atoms with Gasteiger partial charge in [-0.1, -0.05) is 6.07 Å². The van der Waals surface area contributed by atoms with Crippen molar-refractivity contribution in [2.24, 2.45) is 0 Å². The van der Waals surface area contributed by atoms with Crippen molar-refractivity contribution in [3.63, 3.8) is 0 Å². The topological polar surface area (TPSA) is 24.9 Å². The highest BCUT2D eigenvalue weighted by Gasteiger charge is 2.14. The number of rotatable bonds is 3. The Morgan fingerprint density at radius 3 is 3.20 bits per heavy atom. The van der Waals surface area contributed by atoms with Gasteiger partial charge in [-0.2, -0.15) is 23.5 Å². The molecule has 0 spiro atoms. The number of nitrogens with zero attached hydrogens (tertiary/aromatic N) is 1. The molecule has 0 aliphatic carbocycles. The quantitative estimate of drug-likeness (QED) is 0.878. The molecule has 0 bridgehead atoms. The molecule has 0 amide bonds. The maximum absolute atomic E-state index is 4.34. The molecule has 1 saturated heterocycles. The van der Waals surface area contributed by atoms with Crippen molar-refractivity contribution in [2.45, 2.75) is 12.2 Å². The molecule has 2 heterocycles. The van der Waals surface area contributed by atoms with E-state index in [2.05, 4.69) is 46.8 Å². The van der Waals surface area contributed by atoms with Gasteiger partial charge in [-0.3, -0.25) is 0 Å². The van der Waals surface area contributed by atoms with Crippen LogP contribution in [-0.4, -0.2) is 34.0 Å². The predicted molar refractivity (Wildman–Crippen MR) is 71.0 cm³/mol. The minimum atomic E-state index is 0.741. The molecule has 1 aromatic heterocycles. The second kappa shape index (κ2) is 5.66. The third-order valence-electron chi connectivity index (χ3n) is 2.39. The van der Waals surface area contributed by atoms with Gasteiger partial charge in [-0.05, 0) is 18.6 Å². The van der Waals surface area contributed by atoms with Crippen LogP contribution in [0.25, 0.3) is 0 Å². The summed E-state index contributed by atoms with van der Waals surface area (Å²) in [6.07, 6.45) is 1.85. The Hall–Kier alpha value is -0.350. The van der Waals surface area contributed by atoms with Gasteiger partial charge in [0.15, 0.2) is 0 Å². The molecular weight excluding hydrogens is 224 g/mol. The van der Waals surface area contributed by atoms with Crippen molar-refractivity contribution in [3.05, 3.63) is 23.9 Å². The minimum Gasteiger partial charge on any atom is -0.369 e. The maximum atomic E-state index is 4.34. The number of pyridine rings is 1. The van der Waals surface area contributed by atoms with Gasteiger partial charge in [-0.25, -0.2) is 4.98 Å². The molecule has 0 aromatic carbocycles. The van der Waals surface area contributed by atoms with E-state index in [4.69, 9.17) is 0 Å². The fourth-order valence-electron chi connectivity index (χ4n) is 1.54. The summed E-state index contributed by atoms with van der Waals surface area (Å²) in [5.74, 6) is 4.90. The van der Waals surface area contributed by atoms with Crippen molar-refractivity contribution < 1.29 is 0 Å². The number of hydrogen-bond acceptors (Lipinski definition) is 4. The summed E-state index contributed by atoms with van der Waals surface area (Å²) < 4.78 is 0. The van der Waals surface area contributed by atoms with Crippen LogP contribution in [0.3, 0.4) is 0 Å². The Morgan fingerprint density at radius 1 is 1.53 bits per heavy atom. The molecule has 1 aliphatic rings. The number of anilines is 1. The van der Waals surface area contributed by atoms with Gasteiger partial charge in [0, 0.05) is 35.3 Å². The van der Waals surface area contributed by atoms with Gasteiger partial charge in [-0.15, -0.1) is 0 Å². The molecule has 1 N–H and O–H groups in total. The van der Waals surface area contributed by atoms with Crippen LogP contribution in [0.15, 0.2) is 18.3 Å². The molecule has 4 heteroatoms. The van der Waals surface area contributed by atoms with Crippen LogP contribution in [0.2, 0.25) is 0 Å². The molecule has 1 atom stereocenters. The van der Waals surface area contributed by atoms with Crippen molar-refractivity contribution in [1.29, 1.82) is 0 Å².